The number of amides is 1. The van der Waals surface area contributed by atoms with Gasteiger partial charge in [-0.05, 0) is 24.7 Å². The average Bonchev–Trinajstić information content (AvgIpc) is 2.64. The van der Waals surface area contributed by atoms with Gasteiger partial charge in [-0.3, -0.25) is 4.79 Å². The summed E-state index contributed by atoms with van der Waals surface area (Å²) in [5.74, 6) is 0.903. The van der Waals surface area contributed by atoms with E-state index in [0.717, 1.165) is 19.5 Å². The standard InChI is InChI=1S/C14H27NO2/c1-10(14(3,4)5)8-13(17)15-7-6-12(9-15)11(2)16/h10-12,16H,6-9H2,1-5H3. The normalized spacial score (nSPS) is 24.8. The molecule has 3 atom stereocenters. The summed E-state index contributed by atoms with van der Waals surface area (Å²) in [4.78, 5) is 14.0. The lowest BCUT2D eigenvalue weighted by molar-refractivity contribution is -0.132. The maximum absolute atomic E-state index is 12.1. The molecule has 3 nitrogen and oxygen atoms in total. The predicted octanol–water partition coefficient (Wildman–Crippen LogP) is 2.29. The molecule has 17 heavy (non-hydrogen) atoms. The summed E-state index contributed by atoms with van der Waals surface area (Å²) in [7, 11) is 0. The lowest BCUT2D eigenvalue weighted by Crippen LogP contribution is -2.33. The molecule has 0 radical (unpaired) electrons. The van der Waals surface area contributed by atoms with E-state index in [0.29, 0.717) is 12.3 Å². The molecule has 100 valence electrons. The monoisotopic (exact) mass is 241 g/mol. The van der Waals surface area contributed by atoms with Crippen molar-refractivity contribution in [2.75, 3.05) is 13.1 Å². The van der Waals surface area contributed by atoms with Crippen molar-refractivity contribution in [1.82, 2.24) is 4.90 Å². The van der Waals surface area contributed by atoms with E-state index in [1.54, 1.807) is 0 Å². The van der Waals surface area contributed by atoms with Crippen LogP contribution >= 0.6 is 0 Å². The van der Waals surface area contributed by atoms with Crippen LogP contribution in [-0.2, 0) is 4.79 Å². The van der Waals surface area contributed by atoms with Crippen LogP contribution in [-0.4, -0.2) is 35.1 Å². The highest BCUT2D eigenvalue weighted by molar-refractivity contribution is 5.76. The van der Waals surface area contributed by atoms with Crippen LogP contribution in [0.3, 0.4) is 0 Å². The van der Waals surface area contributed by atoms with E-state index in [4.69, 9.17) is 0 Å². The highest BCUT2D eigenvalue weighted by Gasteiger charge is 2.31. The van der Waals surface area contributed by atoms with Gasteiger partial charge in [-0.2, -0.15) is 0 Å². The molecule has 0 aromatic carbocycles. The van der Waals surface area contributed by atoms with E-state index in [9.17, 15) is 9.90 Å². The Hall–Kier alpha value is -0.570. The van der Waals surface area contributed by atoms with E-state index in [1.165, 1.54) is 0 Å². The molecular weight excluding hydrogens is 214 g/mol. The smallest absolute Gasteiger partial charge is 0.222 e. The Morgan fingerprint density at radius 2 is 2.00 bits per heavy atom. The zero-order valence-electron chi connectivity index (χ0n) is 11.9. The van der Waals surface area contributed by atoms with Crippen LogP contribution < -0.4 is 0 Å². The number of likely N-dealkylation sites (tertiary alicyclic amines) is 1. The van der Waals surface area contributed by atoms with E-state index < -0.39 is 0 Å². The third kappa shape index (κ3) is 3.98. The van der Waals surface area contributed by atoms with Crippen molar-refractivity contribution in [2.24, 2.45) is 17.3 Å². The van der Waals surface area contributed by atoms with E-state index in [2.05, 4.69) is 27.7 Å². The van der Waals surface area contributed by atoms with Crippen LogP contribution in [0.15, 0.2) is 0 Å². The van der Waals surface area contributed by atoms with Crippen molar-refractivity contribution >= 4 is 5.91 Å². The molecule has 1 saturated heterocycles. The van der Waals surface area contributed by atoms with Gasteiger partial charge < -0.3 is 10.0 Å². The zero-order chi connectivity index (χ0) is 13.2. The van der Waals surface area contributed by atoms with Gasteiger partial charge in [-0.15, -0.1) is 0 Å². The molecule has 1 amide bonds. The Morgan fingerprint density at radius 1 is 1.41 bits per heavy atom. The van der Waals surface area contributed by atoms with Crippen LogP contribution in [0.5, 0.6) is 0 Å². The molecule has 1 aliphatic rings. The average molecular weight is 241 g/mol. The van der Waals surface area contributed by atoms with Gasteiger partial charge in [0.25, 0.3) is 0 Å². The molecule has 0 aromatic rings. The van der Waals surface area contributed by atoms with E-state index in [-0.39, 0.29) is 23.3 Å². The number of carbonyl (C=O) groups excluding carboxylic acids is 1. The molecule has 0 bridgehead atoms. The third-order valence-electron chi connectivity index (χ3n) is 4.22. The number of carbonyl (C=O) groups is 1. The Labute approximate surface area is 105 Å². The van der Waals surface area contributed by atoms with Gasteiger partial charge in [0.1, 0.15) is 0 Å². The second-order valence-electron chi connectivity index (χ2n) is 6.60. The third-order valence-corrected chi connectivity index (χ3v) is 4.22. The van der Waals surface area contributed by atoms with Crippen molar-refractivity contribution in [3.63, 3.8) is 0 Å². The predicted molar refractivity (Wildman–Crippen MR) is 69.6 cm³/mol. The summed E-state index contributed by atoms with van der Waals surface area (Å²) in [6, 6.07) is 0. The molecule has 1 aliphatic heterocycles. The van der Waals surface area contributed by atoms with Crippen molar-refractivity contribution in [2.45, 2.75) is 53.6 Å². The van der Waals surface area contributed by atoms with E-state index >= 15 is 0 Å². The van der Waals surface area contributed by atoms with Crippen molar-refractivity contribution in [3.05, 3.63) is 0 Å². The van der Waals surface area contributed by atoms with Gasteiger partial charge in [-0.25, -0.2) is 0 Å². The van der Waals surface area contributed by atoms with Gasteiger partial charge in [0.2, 0.25) is 5.91 Å². The lowest BCUT2D eigenvalue weighted by Gasteiger charge is -2.28. The number of aliphatic hydroxyl groups is 1. The summed E-state index contributed by atoms with van der Waals surface area (Å²) < 4.78 is 0. The van der Waals surface area contributed by atoms with Crippen LogP contribution in [0.2, 0.25) is 0 Å². The van der Waals surface area contributed by atoms with Crippen LogP contribution in [0, 0.1) is 17.3 Å². The largest absolute Gasteiger partial charge is 0.393 e. The van der Waals surface area contributed by atoms with Gasteiger partial charge in [0.05, 0.1) is 6.10 Å². The fraction of sp³-hybridized carbons (Fsp3) is 0.929. The number of nitrogens with zero attached hydrogens (tertiary/aromatic N) is 1. The molecule has 3 heteroatoms. The van der Waals surface area contributed by atoms with Crippen LogP contribution in [0.25, 0.3) is 0 Å². The quantitative estimate of drug-likeness (QED) is 0.823. The van der Waals surface area contributed by atoms with Crippen molar-refractivity contribution in [1.29, 1.82) is 0 Å². The fourth-order valence-corrected chi connectivity index (χ4v) is 2.10. The maximum atomic E-state index is 12.1. The minimum absolute atomic E-state index is 0.180. The van der Waals surface area contributed by atoms with Crippen LogP contribution in [0.1, 0.15) is 47.5 Å². The summed E-state index contributed by atoms with van der Waals surface area (Å²) in [6.45, 7) is 12.0. The second kappa shape index (κ2) is 5.38. The number of rotatable bonds is 3. The first-order chi connectivity index (χ1) is 7.71. The minimum atomic E-state index is -0.298. The minimum Gasteiger partial charge on any atom is -0.393 e. The Balaban J connectivity index is 2.45. The second-order valence-corrected chi connectivity index (χ2v) is 6.60. The topological polar surface area (TPSA) is 40.5 Å². The van der Waals surface area contributed by atoms with Crippen molar-refractivity contribution < 1.29 is 9.90 Å². The number of hydrogen-bond donors (Lipinski definition) is 1. The molecule has 1 fully saturated rings. The Kier molecular flexibility index (Phi) is 4.59. The van der Waals surface area contributed by atoms with Gasteiger partial charge in [0, 0.05) is 25.4 Å². The van der Waals surface area contributed by atoms with Crippen LogP contribution in [0.4, 0.5) is 0 Å². The molecule has 3 unspecified atom stereocenters. The highest BCUT2D eigenvalue weighted by atomic mass is 16.3. The first kappa shape index (κ1) is 14.5. The summed E-state index contributed by atoms with van der Waals surface area (Å²) >= 11 is 0. The lowest BCUT2D eigenvalue weighted by atomic mass is 9.80. The van der Waals surface area contributed by atoms with Crippen molar-refractivity contribution in [3.8, 4) is 0 Å². The van der Waals surface area contributed by atoms with Gasteiger partial charge >= 0.3 is 0 Å². The Morgan fingerprint density at radius 3 is 2.41 bits per heavy atom. The molecule has 1 rings (SSSR count). The summed E-state index contributed by atoms with van der Waals surface area (Å²) in [6.07, 6.45) is 1.26. The summed E-state index contributed by atoms with van der Waals surface area (Å²) in [5.41, 5.74) is 0.180. The molecule has 0 aliphatic carbocycles. The molecule has 1 N–H and O–H groups in total. The molecule has 1 heterocycles. The Bertz CT molecular complexity index is 268. The van der Waals surface area contributed by atoms with Gasteiger partial charge in [-0.1, -0.05) is 27.7 Å². The zero-order valence-corrected chi connectivity index (χ0v) is 11.9. The summed E-state index contributed by atoms with van der Waals surface area (Å²) in [5, 5.41) is 9.52. The highest BCUT2D eigenvalue weighted by Crippen LogP contribution is 2.29. The first-order valence-electron chi connectivity index (χ1n) is 6.67. The molecular formula is C14H27NO2. The fourth-order valence-electron chi connectivity index (χ4n) is 2.10. The maximum Gasteiger partial charge on any atom is 0.222 e. The first-order valence-corrected chi connectivity index (χ1v) is 6.67. The molecule has 0 aromatic heterocycles. The molecule has 0 spiro atoms. The number of aliphatic hydroxyl groups excluding tert-OH is 1. The van der Waals surface area contributed by atoms with E-state index in [1.807, 2.05) is 11.8 Å². The van der Waals surface area contributed by atoms with Gasteiger partial charge in [0.15, 0.2) is 0 Å². The number of hydrogen-bond acceptors (Lipinski definition) is 2. The molecule has 0 saturated carbocycles. The SMILES string of the molecule is CC(O)C1CCN(C(=O)CC(C)C(C)(C)C)C1.